The molecule has 3 rings (SSSR count). The normalized spacial score (nSPS) is 24.4. The maximum atomic E-state index is 13.3. The summed E-state index contributed by atoms with van der Waals surface area (Å²) in [6.45, 7) is 3.77. The first-order valence-corrected chi connectivity index (χ1v) is 8.99. The highest BCUT2D eigenvalue weighted by molar-refractivity contribution is 5.99. The second-order valence-electron chi connectivity index (χ2n) is 7.26. The number of hydrogen-bond donors (Lipinski definition) is 1. The van der Waals surface area contributed by atoms with Gasteiger partial charge in [-0.2, -0.15) is 0 Å². The van der Waals surface area contributed by atoms with Crippen molar-refractivity contribution in [1.82, 2.24) is 5.32 Å². The fourth-order valence-corrected chi connectivity index (χ4v) is 3.75. The second kappa shape index (κ2) is 7.53. The molecule has 3 atom stereocenters. The number of methoxy groups -OCH3 is 2. The molecule has 0 aromatic heterocycles. The molecule has 1 aliphatic heterocycles. The Morgan fingerprint density at radius 3 is 2.44 bits per heavy atom. The quantitative estimate of drug-likeness (QED) is 0.648. The van der Waals surface area contributed by atoms with Crippen LogP contribution in [0, 0.1) is 12.8 Å². The highest BCUT2D eigenvalue weighted by Crippen LogP contribution is 2.41. The molecular formula is C22H25NO4. The van der Waals surface area contributed by atoms with Crippen LogP contribution in [0.5, 0.6) is 5.75 Å². The third-order valence-electron chi connectivity index (χ3n) is 5.27. The van der Waals surface area contributed by atoms with E-state index in [4.69, 9.17) is 9.47 Å². The van der Waals surface area contributed by atoms with Gasteiger partial charge in [-0.1, -0.05) is 42.0 Å². The Hall–Kier alpha value is -2.66. The third-order valence-corrected chi connectivity index (χ3v) is 5.27. The van der Waals surface area contributed by atoms with Crippen LogP contribution >= 0.6 is 0 Å². The first-order chi connectivity index (χ1) is 12.9. The Morgan fingerprint density at radius 1 is 1.11 bits per heavy atom. The Balaban J connectivity index is 2.00. The molecule has 5 nitrogen and oxygen atoms in total. The molecule has 2 aromatic carbocycles. The Morgan fingerprint density at radius 2 is 1.81 bits per heavy atom. The second-order valence-corrected chi connectivity index (χ2v) is 7.26. The van der Waals surface area contributed by atoms with Gasteiger partial charge in [0, 0.05) is 17.5 Å². The number of carbonyl (C=O) groups excluding carboxylic acids is 2. The van der Waals surface area contributed by atoms with Crippen LogP contribution in [0.1, 0.15) is 40.9 Å². The smallest absolute Gasteiger partial charge is 0.325 e. The number of benzene rings is 2. The van der Waals surface area contributed by atoms with Crippen molar-refractivity contribution in [3.8, 4) is 5.75 Å². The van der Waals surface area contributed by atoms with Gasteiger partial charge in [0.25, 0.3) is 0 Å². The van der Waals surface area contributed by atoms with Gasteiger partial charge in [0.05, 0.1) is 14.2 Å². The molecule has 1 fully saturated rings. The summed E-state index contributed by atoms with van der Waals surface area (Å²) >= 11 is 0. The SMILES string of the molecule is COC(=O)[C@@]1(C)C[C@@H](C(=O)c2ccc(C)cc2)[C@@H](c2cccc(OC)c2)N1. The minimum absolute atomic E-state index is 0.0166. The van der Waals surface area contributed by atoms with Crippen molar-refractivity contribution in [3.63, 3.8) is 0 Å². The zero-order valence-corrected chi connectivity index (χ0v) is 16.1. The van der Waals surface area contributed by atoms with Gasteiger partial charge in [-0.05, 0) is 38.0 Å². The Labute approximate surface area is 159 Å². The number of ether oxygens (including phenoxy) is 2. The van der Waals surface area contributed by atoms with E-state index in [-0.39, 0.29) is 23.7 Å². The van der Waals surface area contributed by atoms with E-state index >= 15 is 0 Å². The number of rotatable bonds is 5. The van der Waals surface area contributed by atoms with Crippen LogP contribution in [0.4, 0.5) is 0 Å². The standard InChI is InChI=1S/C22H25NO4/c1-14-8-10-15(11-9-14)20(24)18-13-22(2,21(25)27-4)23-19(18)16-6-5-7-17(12-16)26-3/h5-12,18-19,23H,13H2,1-4H3/t18-,19-,22-/m1/s1. The zero-order chi connectivity index (χ0) is 19.6. The molecule has 1 heterocycles. The average Bonchev–Trinajstić information content (AvgIpc) is 3.06. The van der Waals surface area contributed by atoms with Gasteiger partial charge < -0.3 is 9.47 Å². The predicted octanol–water partition coefficient (Wildman–Crippen LogP) is 3.47. The summed E-state index contributed by atoms with van der Waals surface area (Å²) in [5.41, 5.74) is 1.73. The average molecular weight is 367 g/mol. The maximum absolute atomic E-state index is 13.3. The summed E-state index contributed by atoms with van der Waals surface area (Å²) < 4.78 is 10.3. The van der Waals surface area contributed by atoms with Crippen molar-refractivity contribution < 1.29 is 19.1 Å². The van der Waals surface area contributed by atoms with E-state index in [2.05, 4.69) is 5.32 Å². The summed E-state index contributed by atoms with van der Waals surface area (Å²) in [6, 6.07) is 14.8. The fourth-order valence-electron chi connectivity index (χ4n) is 3.75. The van der Waals surface area contributed by atoms with E-state index in [1.807, 2.05) is 55.5 Å². The van der Waals surface area contributed by atoms with Crippen molar-refractivity contribution in [2.75, 3.05) is 14.2 Å². The van der Waals surface area contributed by atoms with Crippen molar-refractivity contribution in [3.05, 3.63) is 65.2 Å². The lowest BCUT2D eigenvalue weighted by atomic mass is 9.84. The van der Waals surface area contributed by atoms with Gasteiger partial charge in [-0.15, -0.1) is 0 Å². The lowest BCUT2D eigenvalue weighted by Gasteiger charge is -2.23. The van der Waals surface area contributed by atoms with Crippen molar-refractivity contribution in [1.29, 1.82) is 0 Å². The minimum atomic E-state index is -0.923. The van der Waals surface area contributed by atoms with Gasteiger partial charge in [0.2, 0.25) is 0 Å². The molecule has 5 heteroatoms. The molecule has 2 aromatic rings. The largest absolute Gasteiger partial charge is 0.497 e. The third kappa shape index (κ3) is 3.74. The van der Waals surface area contributed by atoms with Crippen molar-refractivity contribution in [2.45, 2.75) is 31.8 Å². The van der Waals surface area contributed by atoms with Gasteiger partial charge >= 0.3 is 5.97 Å². The van der Waals surface area contributed by atoms with Crippen LogP contribution in [-0.4, -0.2) is 31.5 Å². The number of aryl methyl sites for hydroxylation is 1. The Bertz CT molecular complexity index is 846. The first-order valence-electron chi connectivity index (χ1n) is 8.99. The molecule has 0 radical (unpaired) electrons. The Kier molecular flexibility index (Phi) is 5.33. The van der Waals surface area contributed by atoms with Crippen molar-refractivity contribution >= 4 is 11.8 Å². The van der Waals surface area contributed by atoms with E-state index in [0.717, 1.165) is 11.1 Å². The number of esters is 1. The lowest BCUT2D eigenvalue weighted by Crippen LogP contribution is -2.45. The maximum Gasteiger partial charge on any atom is 0.325 e. The topological polar surface area (TPSA) is 64.6 Å². The van der Waals surface area contributed by atoms with E-state index < -0.39 is 5.54 Å². The first kappa shape index (κ1) is 19.1. The molecule has 0 saturated carbocycles. The monoisotopic (exact) mass is 367 g/mol. The molecular weight excluding hydrogens is 342 g/mol. The van der Waals surface area contributed by atoms with Crippen LogP contribution in [0.25, 0.3) is 0 Å². The van der Waals surface area contributed by atoms with Crippen LogP contribution in [-0.2, 0) is 9.53 Å². The van der Waals surface area contributed by atoms with Crippen molar-refractivity contribution in [2.24, 2.45) is 5.92 Å². The number of hydrogen-bond acceptors (Lipinski definition) is 5. The van der Waals surface area contributed by atoms with E-state index in [1.165, 1.54) is 7.11 Å². The molecule has 27 heavy (non-hydrogen) atoms. The fraction of sp³-hybridized carbons (Fsp3) is 0.364. The highest BCUT2D eigenvalue weighted by Gasteiger charge is 2.50. The minimum Gasteiger partial charge on any atom is -0.497 e. The van der Waals surface area contributed by atoms with Gasteiger partial charge in [-0.3, -0.25) is 14.9 Å². The molecule has 1 saturated heterocycles. The van der Waals surface area contributed by atoms with Crippen LogP contribution in [0.3, 0.4) is 0 Å². The lowest BCUT2D eigenvalue weighted by molar-refractivity contribution is -0.147. The number of Topliss-reactive ketones (excluding diaryl/α,β-unsaturated/α-hetero) is 1. The van der Waals surface area contributed by atoms with E-state index in [1.54, 1.807) is 14.0 Å². The predicted molar refractivity (Wildman–Crippen MR) is 103 cm³/mol. The number of nitrogens with one attached hydrogen (secondary N) is 1. The van der Waals surface area contributed by atoms with Crippen LogP contribution in [0.2, 0.25) is 0 Å². The molecule has 0 spiro atoms. The summed E-state index contributed by atoms with van der Waals surface area (Å²) in [4.78, 5) is 25.6. The zero-order valence-electron chi connectivity index (χ0n) is 16.1. The van der Waals surface area contributed by atoms with Crippen LogP contribution in [0.15, 0.2) is 48.5 Å². The molecule has 1 N–H and O–H groups in total. The van der Waals surface area contributed by atoms with Crippen LogP contribution < -0.4 is 10.1 Å². The molecule has 0 unspecified atom stereocenters. The molecule has 1 aliphatic rings. The molecule has 0 aliphatic carbocycles. The summed E-state index contributed by atoms with van der Waals surface area (Å²) in [7, 11) is 2.97. The molecule has 0 bridgehead atoms. The molecule has 142 valence electrons. The van der Waals surface area contributed by atoms with Gasteiger partial charge in [0.1, 0.15) is 11.3 Å². The summed E-state index contributed by atoms with van der Waals surface area (Å²) in [6.07, 6.45) is 0.369. The van der Waals surface area contributed by atoms with Gasteiger partial charge in [0.15, 0.2) is 5.78 Å². The van der Waals surface area contributed by atoms with E-state index in [9.17, 15) is 9.59 Å². The number of ketones is 1. The molecule has 0 amide bonds. The summed E-state index contributed by atoms with van der Waals surface area (Å²) in [5.74, 6) is -0.0241. The van der Waals surface area contributed by atoms with Gasteiger partial charge in [-0.25, -0.2) is 0 Å². The van der Waals surface area contributed by atoms with E-state index in [0.29, 0.717) is 17.7 Å². The highest BCUT2D eigenvalue weighted by atomic mass is 16.5. The number of carbonyl (C=O) groups is 2. The summed E-state index contributed by atoms with van der Waals surface area (Å²) in [5, 5.41) is 3.35.